The number of nitrogens with zero attached hydrogens (tertiary/aromatic N) is 2. The van der Waals surface area contributed by atoms with Gasteiger partial charge >= 0.3 is 0 Å². The molecule has 0 amide bonds. The summed E-state index contributed by atoms with van der Waals surface area (Å²) in [5.74, 6) is 1.65. The van der Waals surface area contributed by atoms with Crippen molar-refractivity contribution in [3.63, 3.8) is 0 Å². The molecule has 0 aliphatic heterocycles. The van der Waals surface area contributed by atoms with Crippen LogP contribution in [0.3, 0.4) is 0 Å². The maximum Gasteiger partial charge on any atom is 0.130 e. The molecule has 18 heavy (non-hydrogen) atoms. The molecular formula is C14H22ClN3. The number of halogens is 1. The maximum absolute atomic E-state index is 6.31. The van der Waals surface area contributed by atoms with E-state index in [-0.39, 0.29) is 0 Å². The lowest BCUT2D eigenvalue weighted by Crippen LogP contribution is -2.37. The van der Waals surface area contributed by atoms with Gasteiger partial charge in [0, 0.05) is 18.7 Å². The van der Waals surface area contributed by atoms with Gasteiger partial charge < -0.3 is 5.32 Å². The molecule has 0 radical (unpaired) electrons. The lowest BCUT2D eigenvalue weighted by Gasteiger charge is -2.37. The van der Waals surface area contributed by atoms with Crippen LogP contribution in [0.2, 0.25) is 5.15 Å². The molecule has 2 saturated carbocycles. The molecule has 4 heteroatoms. The zero-order valence-electron chi connectivity index (χ0n) is 11.2. The minimum Gasteiger partial charge on any atom is -0.314 e. The summed E-state index contributed by atoms with van der Waals surface area (Å²) in [7, 11) is 1.92. The van der Waals surface area contributed by atoms with E-state index in [4.69, 9.17) is 11.6 Å². The summed E-state index contributed by atoms with van der Waals surface area (Å²) in [6.07, 6.45) is 6.59. The van der Waals surface area contributed by atoms with Crippen LogP contribution in [0.4, 0.5) is 0 Å². The Kier molecular flexibility index (Phi) is 3.37. The van der Waals surface area contributed by atoms with Crippen LogP contribution >= 0.6 is 11.6 Å². The molecule has 2 aliphatic carbocycles. The Bertz CT molecular complexity index is 436. The van der Waals surface area contributed by atoms with Gasteiger partial charge in [-0.05, 0) is 57.4 Å². The highest BCUT2D eigenvalue weighted by Crippen LogP contribution is 2.38. The normalized spacial score (nSPS) is 27.3. The average Bonchev–Trinajstić information content (AvgIpc) is 3.07. The van der Waals surface area contributed by atoms with Gasteiger partial charge in [-0.25, -0.2) is 0 Å². The largest absolute Gasteiger partial charge is 0.314 e. The fraction of sp³-hybridized carbons (Fsp3) is 0.786. The van der Waals surface area contributed by atoms with Gasteiger partial charge in [0.15, 0.2) is 0 Å². The zero-order chi connectivity index (χ0) is 12.7. The molecule has 1 aromatic rings. The van der Waals surface area contributed by atoms with Gasteiger partial charge in [-0.1, -0.05) is 11.6 Å². The molecule has 1 heterocycles. The number of aromatic nitrogens is 2. The highest BCUT2D eigenvalue weighted by atomic mass is 35.5. The van der Waals surface area contributed by atoms with Crippen LogP contribution in [0.1, 0.15) is 36.9 Å². The van der Waals surface area contributed by atoms with Gasteiger partial charge in [0.1, 0.15) is 5.15 Å². The molecule has 2 unspecified atom stereocenters. The van der Waals surface area contributed by atoms with Crippen molar-refractivity contribution in [2.75, 3.05) is 6.54 Å². The first kappa shape index (κ1) is 12.5. The third-order valence-corrected chi connectivity index (χ3v) is 5.03. The molecule has 0 saturated heterocycles. The Labute approximate surface area is 114 Å². The van der Waals surface area contributed by atoms with Crippen molar-refractivity contribution in [3.8, 4) is 0 Å². The van der Waals surface area contributed by atoms with Crippen LogP contribution in [0, 0.1) is 18.8 Å². The highest BCUT2D eigenvalue weighted by Gasteiger charge is 2.33. The molecule has 2 atom stereocenters. The fourth-order valence-corrected chi connectivity index (χ4v) is 3.20. The number of aryl methyl sites for hydroxylation is 2. The first-order valence-corrected chi connectivity index (χ1v) is 7.44. The number of hydrogen-bond acceptors (Lipinski definition) is 2. The van der Waals surface area contributed by atoms with Gasteiger partial charge in [0.2, 0.25) is 0 Å². The Hall–Kier alpha value is -0.540. The third kappa shape index (κ3) is 2.43. The van der Waals surface area contributed by atoms with Crippen LogP contribution in [-0.4, -0.2) is 22.4 Å². The van der Waals surface area contributed by atoms with E-state index in [0.717, 1.165) is 35.1 Å². The van der Waals surface area contributed by atoms with E-state index in [1.54, 1.807) is 4.68 Å². The second-order valence-corrected chi connectivity index (χ2v) is 6.32. The SMILES string of the molecule is Cc1nn(C)c(Cl)c1CC1CCC1CNC1CC1. The van der Waals surface area contributed by atoms with Crippen LogP contribution in [0.5, 0.6) is 0 Å². The van der Waals surface area contributed by atoms with Crippen LogP contribution in [-0.2, 0) is 13.5 Å². The van der Waals surface area contributed by atoms with E-state index in [1.165, 1.54) is 37.8 Å². The van der Waals surface area contributed by atoms with Gasteiger partial charge in [-0.2, -0.15) is 5.10 Å². The Morgan fingerprint density at radius 3 is 2.50 bits per heavy atom. The van der Waals surface area contributed by atoms with Gasteiger partial charge in [0.05, 0.1) is 5.69 Å². The average molecular weight is 268 g/mol. The zero-order valence-corrected chi connectivity index (χ0v) is 12.0. The topological polar surface area (TPSA) is 29.9 Å². The molecule has 100 valence electrons. The smallest absolute Gasteiger partial charge is 0.130 e. The Morgan fingerprint density at radius 2 is 2.00 bits per heavy atom. The van der Waals surface area contributed by atoms with Gasteiger partial charge in [-0.15, -0.1) is 0 Å². The number of hydrogen-bond donors (Lipinski definition) is 1. The van der Waals surface area contributed by atoms with Gasteiger partial charge in [-0.3, -0.25) is 4.68 Å². The molecule has 1 aromatic heterocycles. The van der Waals surface area contributed by atoms with Crippen molar-refractivity contribution in [1.82, 2.24) is 15.1 Å². The maximum atomic E-state index is 6.31. The first-order valence-electron chi connectivity index (χ1n) is 7.06. The standard InChI is InChI=1S/C14H22ClN3/c1-9-13(14(15)18(2)17-9)7-10-3-4-11(10)8-16-12-5-6-12/h10-12,16H,3-8H2,1-2H3. The summed E-state index contributed by atoms with van der Waals surface area (Å²) in [5.41, 5.74) is 2.36. The highest BCUT2D eigenvalue weighted by molar-refractivity contribution is 6.30. The van der Waals surface area contributed by atoms with E-state index in [9.17, 15) is 0 Å². The summed E-state index contributed by atoms with van der Waals surface area (Å²) >= 11 is 6.31. The summed E-state index contributed by atoms with van der Waals surface area (Å²) in [6, 6.07) is 0.829. The predicted molar refractivity (Wildman–Crippen MR) is 73.9 cm³/mol. The van der Waals surface area contributed by atoms with Crippen molar-refractivity contribution in [1.29, 1.82) is 0 Å². The minimum atomic E-state index is 0.802. The summed E-state index contributed by atoms with van der Waals surface area (Å²) < 4.78 is 1.79. The van der Waals surface area contributed by atoms with E-state index in [1.807, 2.05) is 7.05 Å². The summed E-state index contributed by atoms with van der Waals surface area (Å²) in [6.45, 7) is 3.27. The quantitative estimate of drug-likeness (QED) is 0.889. The van der Waals surface area contributed by atoms with Crippen molar-refractivity contribution < 1.29 is 0 Å². The summed E-state index contributed by atoms with van der Waals surface area (Å²) in [5, 5.41) is 8.88. The lowest BCUT2D eigenvalue weighted by molar-refractivity contribution is 0.170. The Balaban J connectivity index is 1.58. The second-order valence-electron chi connectivity index (χ2n) is 5.96. The summed E-state index contributed by atoms with van der Waals surface area (Å²) in [4.78, 5) is 0. The van der Waals surface area contributed by atoms with Crippen LogP contribution in [0.25, 0.3) is 0 Å². The van der Waals surface area contributed by atoms with Crippen molar-refractivity contribution >= 4 is 11.6 Å². The fourth-order valence-electron chi connectivity index (χ4n) is 2.95. The number of rotatable bonds is 5. The molecule has 0 bridgehead atoms. The van der Waals surface area contributed by atoms with E-state index < -0.39 is 0 Å². The van der Waals surface area contributed by atoms with Crippen molar-refractivity contribution in [2.24, 2.45) is 18.9 Å². The first-order chi connectivity index (χ1) is 8.65. The molecule has 0 spiro atoms. The second kappa shape index (κ2) is 4.86. The molecule has 3 rings (SSSR count). The molecule has 2 fully saturated rings. The van der Waals surface area contributed by atoms with E-state index >= 15 is 0 Å². The predicted octanol–water partition coefficient (Wildman–Crippen LogP) is 2.70. The van der Waals surface area contributed by atoms with E-state index in [0.29, 0.717) is 0 Å². The molecule has 0 aromatic carbocycles. The minimum absolute atomic E-state index is 0.802. The molecule has 3 nitrogen and oxygen atoms in total. The lowest BCUT2D eigenvalue weighted by atomic mass is 9.70. The molecular weight excluding hydrogens is 246 g/mol. The van der Waals surface area contributed by atoms with Crippen LogP contribution < -0.4 is 5.32 Å². The van der Waals surface area contributed by atoms with Crippen molar-refractivity contribution in [2.45, 2.75) is 45.1 Å². The van der Waals surface area contributed by atoms with Crippen LogP contribution in [0.15, 0.2) is 0 Å². The molecule has 2 aliphatic rings. The van der Waals surface area contributed by atoms with Gasteiger partial charge in [0.25, 0.3) is 0 Å². The monoisotopic (exact) mass is 267 g/mol. The third-order valence-electron chi connectivity index (χ3n) is 4.56. The molecule has 1 N–H and O–H groups in total. The number of nitrogens with one attached hydrogen (secondary N) is 1. The Morgan fingerprint density at radius 1 is 1.28 bits per heavy atom. The van der Waals surface area contributed by atoms with E-state index in [2.05, 4.69) is 17.3 Å². The van der Waals surface area contributed by atoms with Crippen molar-refractivity contribution in [3.05, 3.63) is 16.4 Å².